The maximum atomic E-state index is 5.88. The van der Waals surface area contributed by atoms with Crippen molar-refractivity contribution in [3.05, 3.63) is 27.6 Å². The molecule has 0 aliphatic heterocycles. The molecule has 2 N–H and O–H groups in total. The third-order valence-corrected chi connectivity index (χ3v) is 2.52. The Morgan fingerprint density at radius 3 is 2.73 bits per heavy atom. The van der Waals surface area contributed by atoms with E-state index in [-0.39, 0.29) is 0 Å². The summed E-state index contributed by atoms with van der Waals surface area (Å²) in [6.07, 6.45) is 1.64. The summed E-state index contributed by atoms with van der Waals surface area (Å²) in [6.45, 7) is 1.81. The number of hydrogen-bond donors (Lipinski definition) is 1. The number of aryl methyl sites for hydroxylation is 1. The summed E-state index contributed by atoms with van der Waals surface area (Å²) in [5, 5.41) is 4.71. The molecule has 0 unspecified atom stereocenters. The molecule has 0 fully saturated rings. The molecule has 2 rings (SSSR count). The normalized spacial score (nSPS) is 10.6. The van der Waals surface area contributed by atoms with Crippen LogP contribution < -0.4 is 5.73 Å². The number of nitrogens with zero attached hydrogens (tertiary/aromatic N) is 4. The van der Waals surface area contributed by atoms with Gasteiger partial charge in [0.25, 0.3) is 5.95 Å². The van der Waals surface area contributed by atoms with E-state index in [0.717, 1.165) is 5.69 Å². The first-order chi connectivity index (χ1) is 7.06. The van der Waals surface area contributed by atoms with Crippen molar-refractivity contribution in [2.45, 2.75) is 6.92 Å². The largest absolute Gasteiger partial charge is 0.383 e. The Kier molecular flexibility index (Phi) is 2.62. The van der Waals surface area contributed by atoms with Crippen LogP contribution in [0.3, 0.4) is 0 Å². The number of nitrogens with two attached hydrogens (primary N) is 1. The van der Waals surface area contributed by atoms with Crippen molar-refractivity contribution < 1.29 is 0 Å². The number of aromatic nitrogens is 4. The average Bonchev–Trinajstić information content (AvgIpc) is 2.45. The van der Waals surface area contributed by atoms with Crippen LogP contribution in [0.4, 0.5) is 5.82 Å². The van der Waals surface area contributed by atoms with Gasteiger partial charge in [-0.3, -0.25) is 0 Å². The zero-order valence-electron chi connectivity index (χ0n) is 7.78. The lowest BCUT2D eigenvalue weighted by Gasteiger charge is -2.00. The lowest BCUT2D eigenvalue weighted by atomic mass is 10.5. The Morgan fingerprint density at radius 2 is 2.20 bits per heavy atom. The van der Waals surface area contributed by atoms with Gasteiger partial charge in [0.15, 0.2) is 0 Å². The van der Waals surface area contributed by atoms with E-state index in [1.165, 1.54) is 4.68 Å². The summed E-state index contributed by atoms with van der Waals surface area (Å²) in [5.41, 5.74) is 6.31. The molecule has 0 amide bonds. The minimum Gasteiger partial charge on any atom is -0.383 e. The van der Waals surface area contributed by atoms with E-state index < -0.39 is 0 Å². The topological polar surface area (TPSA) is 69.6 Å². The van der Waals surface area contributed by atoms with Crippen LogP contribution in [-0.4, -0.2) is 19.7 Å². The summed E-state index contributed by atoms with van der Waals surface area (Å²) in [5.74, 6) is 0.757. The molecule has 2 aromatic heterocycles. The highest BCUT2D eigenvalue weighted by molar-refractivity contribution is 9.10. The van der Waals surface area contributed by atoms with Gasteiger partial charge in [-0.05, 0) is 22.9 Å². The second kappa shape index (κ2) is 3.79. The Bertz CT molecular complexity index is 470. The standard InChI is InChI=1S/C8H7BrClN5/c1-4-5(10)3-15(14-4)8-12-6(9)2-7(11)13-8/h2-3H,1H3,(H2,11,12,13). The van der Waals surface area contributed by atoms with Gasteiger partial charge in [0, 0.05) is 6.07 Å². The van der Waals surface area contributed by atoms with Crippen molar-refractivity contribution in [3.63, 3.8) is 0 Å². The third kappa shape index (κ3) is 2.10. The summed E-state index contributed by atoms with van der Waals surface area (Å²) in [7, 11) is 0. The lowest BCUT2D eigenvalue weighted by Crippen LogP contribution is -2.04. The summed E-state index contributed by atoms with van der Waals surface area (Å²) in [4.78, 5) is 8.16. The van der Waals surface area contributed by atoms with E-state index in [2.05, 4.69) is 31.0 Å². The quantitative estimate of drug-likeness (QED) is 0.815. The predicted molar refractivity (Wildman–Crippen MR) is 61.0 cm³/mol. The second-order valence-electron chi connectivity index (χ2n) is 2.92. The van der Waals surface area contributed by atoms with Crippen LogP contribution in [0.15, 0.2) is 16.9 Å². The Morgan fingerprint density at radius 1 is 1.47 bits per heavy atom. The van der Waals surface area contributed by atoms with Crippen LogP contribution in [0.25, 0.3) is 5.95 Å². The first-order valence-electron chi connectivity index (χ1n) is 4.08. The average molecular weight is 289 g/mol. The zero-order chi connectivity index (χ0) is 11.0. The number of nitrogen functional groups attached to an aromatic ring is 1. The van der Waals surface area contributed by atoms with Gasteiger partial charge < -0.3 is 5.73 Å². The number of halogens is 2. The van der Waals surface area contributed by atoms with Crippen LogP contribution in [0.1, 0.15) is 5.69 Å². The van der Waals surface area contributed by atoms with Crippen LogP contribution in [0, 0.1) is 6.92 Å². The van der Waals surface area contributed by atoms with E-state index in [4.69, 9.17) is 17.3 Å². The van der Waals surface area contributed by atoms with Crippen molar-refractivity contribution in [3.8, 4) is 5.95 Å². The van der Waals surface area contributed by atoms with Crippen LogP contribution >= 0.6 is 27.5 Å². The fourth-order valence-corrected chi connectivity index (χ4v) is 1.59. The predicted octanol–water partition coefficient (Wildman–Crippen LogP) is 1.97. The molecular weight excluding hydrogens is 281 g/mol. The van der Waals surface area contributed by atoms with E-state index >= 15 is 0 Å². The molecule has 7 heteroatoms. The van der Waals surface area contributed by atoms with Crippen LogP contribution in [-0.2, 0) is 0 Å². The molecule has 0 bridgehead atoms. The van der Waals surface area contributed by atoms with Gasteiger partial charge in [-0.2, -0.15) is 10.1 Å². The van der Waals surface area contributed by atoms with Crippen molar-refractivity contribution in [1.82, 2.24) is 19.7 Å². The van der Waals surface area contributed by atoms with Crippen molar-refractivity contribution in [2.24, 2.45) is 0 Å². The van der Waals surface area contributed by atoms with E-state index in [1.807, 2.05) is 0 Å². The molecule has 0 saturated heterocycles. The van der Waals surface area contributed by atoms with Crippen molar-refractivity contribution in [2.75, 3.05) is 5.73 Å². The Balaban J connectivity index is 2.53. The van der Waals surface area contributed by atoms with E-state index in [1.54, 1.807) is 19.2 Å². The fourth-order valence-electron chi connectivity index (χ4n) is 1.07. The van der Waals surface area contributed by atoms with Gasteiger partial charge in [-0.25, -0.2) is 9.67 Å². The number of rotatable bonds is 1. The highest BCUT2D eigenvalue weighted by Gasteiger charge is 2.07. The number of anilines is 1. The zero-order valence-corrected chi connectivity index (χ0v) is 10.1. The summed E-state index contributed by atoms with van der Waals surface area (Å²) >= 11 is 9.11. The first-order valence-corrected chi connectivity index (χ1v) is 5.25. The molecule has 0 atom stereocenters. The van der Waals surface area contributed by atoms with Crippen molar-refractivity contribution in [1.29, 1.82) is 0 Å². The monoisotopic (exact) mass is 287 g/mol. The molecule has 0 spiro atoms. The highest BCUT2D eigenvalue weighted by Crippen LogP contribution is 2.16. The SMILES string of the molecule is Cc1nn(-c2nc(N)cc(Br)n2)cc1Cl. The molecule has 0 radical (unpaired) electrons. The van der Waals surface area contributed by atoms with Gasteiger partial charge in [-0.1, -0.05) is 11.6 Å². The van der Waals surface area contributed by atoms with E-state index in [0.29, 0.717) is 21.4 Å². The maximum Gasteiger partial charge on any atom is 0.253 e. The highest BCUT2D eigenvalue weighted by atomic mass is 79.9. The second-order valence-corrected chi connectivity index (χ2v) is 4.14. The maximum absolute atomic E-state index is 5.88. The molecule has 78 valence electrons. The summed E-state index contributed by atoms with van der Waals surface area (Å²) < 4.78 is 2.09. The van der Waals surface area contributed by atoms with E-state index in [9.17, 15) is 0 Å². The molecule has 0 aliphatic carbocycles. The summed E-state index contributed by atoms with van der Waals surface area (Å²) in [6, 6.07) is 1.61. The van der Waals surface area contributed by atoms with Gasteiger partial charge in [0.1, 0.15) is 10.4 Å². The lowest BCUT2D eigenvalue weighted by molar-refractivity contribution is 0.795. The smallest absolute Gasteiger partial charge is 0.253 e. The molecular formula is C8H7BrClN5. The number of hydrogen-bond acceptors (Lipinski definition) is 4. The molecule has 15 heavy (non-hydrogen) atoms. The first kappa shape index (κ1) is 10.4. The Labute approximate surface area is 99.4 Å². The molecule has 0 saturated carbocycles. The Hall–Kier alpha value is -1.14. The minimum atomic E-state index is 0.371. The van der Waals surface area contributed by atoms with Gasteiger partial charge in [0.05, 0.1) is 16.9 Å². The molecule has 2 heterocycles. The van der Waals surface area contributed by atoms with Crippen LogP contribution in [0.5, 0.6) is 0 Å². The van der Waals surface area contributed by atoms with Crippen LogP contribution in [0.2, 0.25) is 5.02 Å². The van der Waals surface area contributed by atoms with Gasteiger partial charge in [0.2, 0.25) is 0 Å². The molecule has 2 aromatic rings. The third-order valence-electron chi connectivity index (χ3n) is 1.75. The molecule has 0 aliphatic rings. The molecule has 0 aromatic carbocycles. The van der Waals surface area contributed by atoms with Gasteiger partial charge >= 0.3 is 0 Å². The van der Waals surface area contributed by atoms with Gasteiger partial charge in [-0.15, -0.1) is 0 Å². The fraction of sp³-hybridized carbons (Fsp3) is 0.125. The molecule has 5 nitrogen and oxygen atoms in total. The minimum absolute atomic E-state index is 0.371. The van der Waals surface area contributed by atoms with Crippen molar-refractivity contribution >= 4 is 33.3 Å².